The molecule has 0 bridgehead atoms. The monoisotopic (exact) mass is 482 g/mol. The summed E-state index contributed by atoms with van der Waals surface area (Å²) in [7, 11) is 1.09. The summed E-state index contributed by atoms with van der Waals surface area (Å²) in [5.74, 6) is -4.02. The Morgan fingerprint density at radius 1 is 1.06 bits per heavy atom. The van der Waals surface area contributed by atoms with Crippen LogP contribution in [0.2, 0.25) is 0 Å². The minimum atomic E-state index is -4.81. The fourth-order valence-corrected chi connectivity index (χ4v) is 3.33. The Labute approximate surface area is 188 Å². The summed E-state index contributed by atoms with van der Waals surface area (Å²) >= 11 is 0. The van der Waals surface area contributed by atoms with Gasteiger partial charge in [0.1, 0.15) is 0 Å². The highest BCUT2D eigenvalue weighted by molar-refractivity contribution is 5.95. The van der Waals surface area contributed by atoms with Crippen LogP contribution in [0.5, 0.6) is 0 Å². The smallest absolute Gasteiger partial charge is 0.417 e. The molecule has 2 amide bonds. The molecule has 0 atom stereocenters. The van der Waals surface area contributed by atoms with Crippen molar-refractivity contribution < 1.29 is 41.1 Å². The van der Waals surface area contributed by atoms with Crippen molar-refractivity contribution in [2.24, 2.45) is 0 Å². The normalized spacial score (nSPS) is 15.1. The van der Waals surface area contributed by atoms with E-state index in [9.17, 15) is 31.5 Å². The first-order valence-electron chi connectivity index (χ1n) is 9.65. The molecule has 1 fully saturated rings. The van der Waals surface area contributed by atoms with Crippen LogP contribution in [0.15, 0.2) is 46.9 Å². The van der Waals surface area contributed by atoms with Crippen molar-refractivity contribution in [1.82, 2.24) is 15.1 Å². The van der Waals surface area contributed by atoms with Crippen molar-refractivity contribution in [2.45, 2.75) is 12.1 Å². The number of carbonyl (C=O) groups is 2. The van der Waals surface area contributed by atoms with E-state index >= 15 is 0 Å². The third-order valence-corrected chi connectivity index (χ3v) is 5.14. The Bertz CT molecular complexity index is 1250. The molecular formula is C21H15F5N4O4. The number of hydrogen-bond acceptors (Lipinski definition) is 5. The molecule has 0 radical (unpaired) electrons. The van der Waals surface area contributed by atoms with Gasteiger partial charge in [-0.05, 0) is 35.4 Å². The number of aromatic nitrogens is 2. The molecule has 3 aromatic rings. The lowest BCUT2D eigenvalue weighted by Crippen LogP contribution is -2.58. The molecule has 1 aromatic heterocycles. The Morgan fingerprint density at radius 2 is 1.68 bits per heavy atom. The van der Waals surface area contributed by atoms with Gasteiger partial charge in [-0.1, -0.05) is 23.3 Å². The topological polar surface area (TPSA) is 99.8 Å². The van der Waals surface area contributed by atoms with E-state index < -0.39 is 60.2 Å². The maximum atomic E-state index is 13.8. The molecule has 178 valence electrons. The Morgan fingerprint density at radius 3 is 2.24 bits per heavy atom. The van der Waals surface area contributed by atoms with Gasteiger partial charge in [0.25, 0.3) is 11.8 Å². The molecule has 1 aliphatic rings. The highest BCUT2D eigenvalue weighted by Crippen LogP contribution is 2.39. The maximum Gasteiger partial charge on any atom is 0.417 e. The van der Waals surface area contributed by atoms with E-state index in [2.05, 4.69) is 10.2 Å². The van der Waals surface area contributed by atoms with Gasteiger partial charge < -0.3 is 14.4 Å². The second-order valence-corrected chi connectivity index (χ2v) is 7.58. The summed E-state index contributed by atoms with van der Waals surface area (Å²) in [4.78, 5) is 24.7. The van der Waals surface area contributed by atoms with Crippen LogP contribution in [0, 0.1) is 0 Å². The van der Waals surface area contributed by atoms with Gasteiger partial charge in [0.2, 0.25) is 5.89 Å². The minimum absolute atomic E-state index is 0.132. The number of amides is 2. The summed E-state index contributed by atoms with van der Waals surface area (Å²) in [5.41, 5.74) is -0.902. The zero-order valence-electron chi connectivity index (χ0n) is 17.3. The fraction of sp³-hybridized carbons (Fsp3) is 0.238. The third-order valence-electron chi connectivity index (χ3n) is 5.14. The molecule has 34 heavy (non-hydrogen) atoms. The lowest BCUT2D eigenvalue weighted by atomic mass is 9.97. The highest BCUT2D eigenvalue weighted by Gasteiger charge is 2.46. The molecule has 13 heteroatoms. The average molecular weight is 482 g/mol. The predicted octanol–water partition coefficient (Wildman–Crippen LogP) is 4.63. The first kappa shape index (κ1) is 23.1. The Kier molecular flexibility index (Phi) is 5.50. The molecule has 1 N–H and O–H groups in total. The van der Waals surface area contributed by atoms with Gasteiger partial charge in [-0.3, -0.25) is 4.79 Å². The first-order chi connectivity index (χ1) is 15.9. The summed E-state index contributed by atoms with van der Waals surface area (Å²) in [6.45, 7) is -1.35. The first-order valence-corrected chi connectivity index (χ1v) is 9.65. The van der Waals surface area contributed by atoms with Gasteiger partial charge >= 0.3 is 18.3 Å². The van der Waals surface area contributed by atoms with E-state index in [1.165, 1.54) is 30.3 Å². The van der Waals surface area contributed by atoms with Crippen LogP contribution in [-0.4, -0.2) is 58.3 Å². The predicted molar refractivity (Wildman–Crippen MR) is 107 cm³/mol. The summed E-state index contributed by atoms with van der Waals surface area (Å²) in [5, 5.41) is 15.9. The van der Waals surface area contributed by atoms with E-state index in [0.29, 0.717) is 10.5 Å². The standard InChI is InChI=1S/C21H15F5N4O4/c1-29(19(32)33)18-28-27-16(34-18)14-7-6-13(8-15(14)21(24,25)26)11-2-4-12(5-3-11)17(31)30-9-20(22,23)10-30/h2-8H,9-10H2,1H3,(H,32,33). The van der Waals surface area contributed by atoms with Crippen LogP contribution in [0.1, 0.15) is 15.9 Å². The number of nitrogens with zero attached hydrogens (tertiary/aromatic N) is 4. The summed E-state index contributed by atoms with van der Waals surface area (Å²) in [6, 6.07) is 8.34. The van der Waals surface area contributed by atoms with E-state index in [0.717, 1.165) is 24.1 Å². The number of halogens is 5. The van der Waals surface area contributed by atoms with Crippen LogP contribution in [-0.2, 0) is 6.18 Å². The molecule has 1 saturated heterocycles. The van der Waals surface area contributed by atoms with Crippen LogP contribution in [0.4, 0.5) is 32.8 Å². The van der Waals surface area contributed by atoms with Crippen LogP contribution in [0.25, 0.3) is 22.6 Å². The van der Waals surface area contributed by atoms with E-state index in [1.54, 1.807) is 0 Å². The molecule has 0 aliphatic carbocycles. The summed E-state index contributed by atoms with van der Waals surface area (Å²) in [6.07, 6.45) is -6.25. The number of benzene rings is 2. The van der Waals surface area contributed by atoms with Crippen molar-refractivity contribution in [3.05, 3.63) is 53.6 Å². The molecule has 2 heterocycles. The zero-order chi connectivity index (χ0) is 24.8. The number of carboxylic acid groups (broad SMARTS) is 1. The van der Waals surface area contributed by atoms with Crippen molar-refractivity contribution in [2.75, 3.05) is 25.0 Å². The number of likely N-dealkylation sites (tertiary alicyclic amines) is 1. The lowest BCUT2D eigenvalue weighted by Gasteiger charge is -2.38. The van der Waals surface area contributed by atoms with Crippen LogP contribution < -0.4 is 4.90 Å². The third kappa shape index (κ3) is 4.40. The molecule has 8 nitrogen and oxygen atoms in total. The zero-order valence-corrected chi connectivity index (χ0v) is 17.3. The second-order valence-electron chi connectivity index (χ2n) is 7.58. The Hall–Kier alpha value is -4.03. The number of carbonyl (C=O) groups excluding carboxylic acids is 1. The van der Waals surface area contributed by atoms with Crippen molar-refractivity contribution in [1.29, 1.82) is 0 Å². The highest BCUT2D eigenvalue weighted by atomic mass is 19.4. The number of anilines is 1. The van der Waals surface area contributed by atoms with Gasteiger partial charge in [-0.15, -0.1) is 5.10 Å². The molecule has 4 rings (SSSR count). The number of alkyl halides is 5. The molecule has 0 spiro atoms. The van der Waals surface area contributed by atoms with Gasteiger partial charge in [-0.2, -0.15) is 13.2 Å². The van der Waals surface area contributed by atoms with Gasteiger partial charge in [0.05, 0.1) is 24.2 Å². The fourth-order valence-electron chi connectivity index (χ4n) is 3.33. The van der Waals surface area contributed by atoms with Gasteiger partial charge in [-0.25, -0.2) is 18.5 Å². The Balaban J connectivity index is 1.63. The van der Waals surface area contributed by atoms with Crippen LogP contribution >= 0.6 is 0 Å². The van der Waals surface area contributed by atoms with Gasteiger partial charge in [0.15, 0.2) is 0 Å². The van der Waals surface area contributed by atoms with E-state index in [-0.39, 0.29) is 11.1 Å². The molecule has 0 saturated carbocycles. The number of hydrogen-bond donors (Lipinski definition) is 1. The second kappa shape index (κ2) is 8.08. The van der Waals surface area contributed by atoms with Crippen LogP contribution in [0.3, 0.4) is 0 Å². The quantitative estimate of drug-likeness (QED) is 0.545. The van der Waals surface area contributed by atoms with Crippen molar-refractivity contribution in [3.63, 3.8) is 0 Å². The molecule has 0 unspecified atom stereocenters. The molecule has 1 aliphatic heterocycles. The summed E-state index contributed by atoms with van der Waals surface area (Å²) < 4.78 is 72.4. The van der Waals surface area contributed by atoms with E-state index in [4.69, 9.17) is 9.52 Å². The van der Waals surface area contributed by atoms with E-state index in [1.807, 2.05) is 0 Å². The molecular weight excluding hydrogens is 467 g/mol. The van der Waals surface area contributed by atoms with Crippen molar-refractivity contribution in [3.8, 4) is 22.6 Å². The van der Waals surface area contributed by atoms with Gasteiger partial charge in [0, 0.05) is 12.6 Å². The SMILES string of the molecule is CN(C(=O)O)c1nnc(-c2ccc(-c3ccc(C(=O)N4CC(F)(F)C4)cc3)cc2C(F)(F)F)o1. The minimum Gasteiger partial charge on any atom is -0.465 e. The molecule has 2 aromatic carbocycles. The number of rotatable bonds is 4. The lowest BCUT2D eigenvalue weighted by molar-refractivity contribution is -0.137. The average Bonchev–Trinajstić information content (AvgIpc) is 3.25. The van der Waals surface area contributed by atoms with Crippen molar-refractivity contribution >= 4 is 18.0 Å². The maximum absolute atomic E-state index is 13.8. The largest absolute Gasteiger partial charge is 0.465 e.